The van der Waals surface area contributed by atoms with Gasteiger partial charge in [-0.05, 0) is 81.1 Å². The van der Waals surface area contributed by atoms with Gasteiger partial charge >= 0.3 is 5.97 Å². The van der Waals surface area contributed by atoms with Crippen LogP contribution in [0.1, 0.15) is 65.1 Å². The molecule has 5 heterocycles. The van der Waals surface area contributed by atoms with E-state index >= 15 is 0 Å². The molecule has 0 aliphatic carbocycles. The van der Waals surface area contributed by atoms with Gasteiger partial charge in [-0.3, -0.25) is 4.90 Å². The number of halogens is 2. The third kappa shape index (κ3) is 5.38. The molecule has 0 saturated carbocycles. The highest BCUT2D eigenvalue weighted by molar-refractivity contribution is 6.30. The summed E-state index contributed by atoms with van der Waals surface area (Å²) in [6.07, 6.45) is 6.95. The normalized spacial score (nSPS) is 22.0. The highest BCUT2D eigenvalue weighted by Crippen LogP contribution is 2.44. The fourth-order valence-electron chi connectivity index (χ4n) is 6.49. The van der Waals surface area contributed by atoms with Crippen molar-refractivity contribution in [1.82, 2.24) is 19.4 Å². The number of aromatic nitrogens is 3. The minimum Gasteiger partial charge on any atom is -0.478 e. The lowest BCUT2D eigenvalue weighted by atomic mass is 9.85. The molecule has 0 N–H and O–H groups in total. The number of carbonyl (C=O) groups is 1. The molecule has 2 aromatic carbocycles. The molecule has 8 nitrogen and oxygen atoms in total. The first-order chi connectivity index (χ1) is 21.3. The molecular weight excluding hydrogens is 583 g/mol. The fraction of sp³-hybridized carbons (Fsp3) is 0.382. The molecule has 0 unspecified atom stereocenters. The second kappa shape index (κ2) is 11.6. The first-order valence-corrected chi connectivity index (χ1v) is 15.4. The average molecular weight is 617 g/mol. The molecular formula is C34H34ClFN4O4. The van der Waals surface area contributed by atoms with E-state index in [1.54, 1.807) is 18.2 Å². The van der Waals surface area contributed by atoms with Crippen LogP contribution in [-0.4, -0.2) is 58.3 Å². The van der Waals surface area contributed by atoms with E-state index in [2.05, 4.69) is 26.6 Å². The molecule has 0 amide bonds. The van der Waals surface area contributed by atoms with Crippen molar-refractivity contribution in [3.8, 4) is 5.75 Å². The van der Waals surface area contributed by atoms with Gasteiger partial charge in [0, 0.05) is 22.8 Å². The second-order valence-corrected chi connectivity index (χ2v) is 12.4. The van der Waals surface area contributed by atoms with Crippen molar-refractivity contribution in [2.24, 2.45) is 0 Å². The van der Waals surface area contributed by atoms with Gasteiger partial charge in [0.25, 0.3) is 0 Å². The minimum atomic E-state index is -0.941. The molecule has 7 rings (SSSR count). The summed E-state index contributed by atoms with van der Waals surface area (Å²) in [5, 5.41) is 0.358. The Morgan fingerprint density at radius 2 is 1.95 bits per heavy atom. The van der Waals surface area contributed by atoms with Crippen molar-refractivity contribution < 1.29 is 23.4 Å². The van der Waals surface area contributed by atoms with E-state index in [1.807, 2.05) is 31.2 Å². The number of hydrogen-bond acceptors (Lipinski definition) is 7. The zero-order valence-corrected chi connectivity index (χ0v) is 25.5. The van der Waals surface area contributed by atoms with Gasteiger partial charge in [0.2, 0.25) is 0 Å². The molecule has 2 aromatic heterocycles. The maximum atomic E-state index is 15.0. The summed E-state index contributed by atoms with van der Waals surface area (Å²) in [7, 11) is 1.36. The smallest absolute Gasteiger partial charge is 0.356 e. The Morgan fingerprint density at radius 1 is 1.14 bits per heavy atom. The van der Waals surface area contributed by atoms with E-state index < -0.39 is 11.6 Å². The summed E-state index contributed by atoms with van der Waals surface area (Å²) < 4.78 is 34.3. The highest BCUT2D eigenvalue weighted by atomic mass is 35.5. The van der Waals surface area contributed by atoms with Crippen molar-refractivity contribution >= 4 is 34.8 Å². The summed E-state index contributed by atoms with van der Waals surface area (Å²) in [4.78, 5) is 24.1. The van der Waals surface area contributed by atoms with Crippen LogP contribution in [0.2, 0.25) is 5.02 Å². The van der Waals surface area contributed by atoms with Gasteiger partial charge in [-0.1, -0.05) is 41.9 Å². The van der Waals surface area contributed by atoms with E-state index in [-0.39, 0.29) is 17.6 Å². The number of hydrogen-bond donors (Lipinski definition) is 0. The van der Waals surface area contributed by atoms with Crippen molar-refractivity contribution in [2.75, 3.05) is 26.8 Å². The number of rotatable bonds is 7. The number of nitrogens with zero attached hydrogens (tertiary/aromatic N) is 4. The number of ether oxygens (including phenoxy) is 3. The van der Waals surface area contributed by atoms with Crippen LogP contribution >= 0.6 is 11.6 Å². The number of pyridine rings is 1. The molecule has 228 valence electrons. The maximum Gasteiger partial charge on any atom is 0.356 e. The number of para-hydroxylation sites is 1. The van der Waals surface area contributed by atoms with Crippen LogP contribution in [-0.2, 0) is 28.2 Å². The molecule has 44 heavy (non-hydrogen) atoms. The molecule has 4 aromatic rings. The first kappa shape index (κ1) is 29.0. The highest BCUT2D eigenvalue weighted by Gasteiger charge is 2.35. The third-order valence-electron chi connectivity index (χ3n) is 9.07. The second-order valence-electron chi connectivity index (χ2n) is 11.9. The van der Waals surface area contributed by atoms with Gasteiger partial charge < -0.3 is 18.8 Å². The molecule has 3 aliphatic rings. The number of piperidine rings is 1. The zero-order valence-electron chi connectivity index (χ0n) is 24.8. The summed E-state index contributed by atoms with van der Waals surface area (Å²) in [5.74, 6) is 1.18. The van der Waals surface area contributed by atoms with E-state index in [9.17, 15) is 9.18 Å². The number of carbonyl (C=O) groups excluding carboxylic acids is 1. The number of methoxy groups -OCH3 is 1. The van der Waals surface area contributed by atoms with Gasteiger partial charge in [0.05, 0.1) is 26.3 Å². The van der Waals surface area contributed by atoms with Gasteiger partial charge in [-0.25, -0.2) is 19.2 Å². The molecule has 10 heteroatoms. The Balaban J connectivity index is 1.09. The van der Waals surface area contributed by atoms with Crippen LogP contribution in [0.4, 0.5) is 4.39 Å². The Labute approximate surface area is 260 Å². The molecule has 2 fully saturated rings. The predicted molar refractivity (Wildman–Crippen MR) is 165 cm³/mol. The molecule has 2 atom stereocenters. The molecule has 3 aliphatic heterocycles. The number of fused-ring (bicyclic) bond motifs is 2. The minimum absolute atomic E-state index is 0.116. The quantitative estimate of drug-likeness (QED) is 0.219. The molecule has 0 spiro atoms. The molecule has 0 radical (unpaired) electrons. The Bertz CT molecular complexity index is 1760. The van der Waals surface area contributed by atoms with Gasteiger partial charge in [0.15, 0.2) is 16.9 Å². The standard InChI is InChI=1S/C34H34ClFN4O4/c1-34(26-7-6-23(35)18-27(26)36)14-10-22-4-3-5-25(31(22)44-34)21-11-15-39(16-12-21)20-30-37-28-8-9-29(33(41)42-2)38-32(28)40(30)19-24-13-17-43-24/h3-10,14,18,21,24H,11-13,15-17,19-20H2,1-2H3/t24-,34+/m0/s1. The van der Waals surface area contributed by atoms with Crippen LogP contribution in [0, 0.1) is 5.82 Å². The lowest BCUT2D eigenvalue weighted by Crippen LogP contribution is -2.36. The van der Waals surface area contributed by atoms with Crippen LogP contribution in [0.25, 0.3) is 17.2 Å². The number of likely N-dealkylation sites (tertiary alicyclic amines) is 1. The Kier molecular flexibility index (Phi) is 7.64. The summed E-state index contributed by atoms with van der Waals surface area (Å²) in [6, 6.07) is 14.5. The largest absolute Gasteiger partial charge is 0.478 e. The zero-order chi connectivity index (χ0) is 30.4. The monoisotopic (exact) mass is 616 g/mol. The van der Waals surface area contributed by atoms with E-state index in [1.165, 1.54) is 13.2 Å². The lowest BCUT2D eigenvalue weighted by Gasteiger charge is -2.37. The van der Waals surface area contributed by atoms with Crippen LogP contribution in [0.5, 0.6) is 5.75 Å². The Morgan fingerprint density at radius 3 is 2.68 bits per heavy atom. The third-order valence-corrected chi connectivity index (χ3v) is 9.31. The number of imidazole rings is 1. The SMILES string of the molecule is COC(=O)c1ccc2nc(CN3CCC(c4cccc5c4O[C@@](C)(c4ccc(Cl)cc4F)C=C5)CC3)n(C[C@@H]3CCO3)c2n1. The average Bonchev–Trinajstić information content (AvgIpc) is 3.34. The number of benzene rings is 2. The van der Waals surface area contributed by atoms with Crippen LogP contribution in [0.15, 0.2) is 54.6 Å². The van der Waals surface area contributed by atoms with E-state index in [0.29, 0.717) is 35.2 Å². The molecule has 2 saturated heterocycles. The van der Waals surface area contributed by atoms with Gasteiger partial charge in [-0.15, -0.1) is 0 Å². The lowest BCUT2D eigenvalue weighted by molar-refractivity contribution is -0.0593. The van der Waals surface area contributed by atoms with Crippen molar-refractivity contribution in [3.05, 3.63) is 93.7 Å². The summed E-state index contributed by atoms with van der Waals surface area (Å²) >= 11 is 6.02. The first-order valence-electron chi connectivity index (χ1n) is 15.1. The Hall–Kier alpha value is -3.79. The topological polar surface area (TPSA) is 78.7 Å². The maximum absolute atomic E-state index is 15.0. The van der Waals surface area contributed by atoms with Crippen molar-refractivity contribution in [3.63, 3.8) is 0 Å². The van der Waals surface area contributed by atoms with Crippen LogP contribution in [0.3, 0.4) is 0 Å². The predicted octanol–water partition coefficient (Wildman–Crippen LogP) is 6.50. The summed E-state index contributed by atoms with van der Waals surface area (Å²) in [5.41, 5.74) is 3.36. The molecule has 0 bridgehead atoms. The summed E-state index contributed by atoms with van der Waals surface area (Å²) in [6.45, 7) is 5.74. The van der Waals surface area contributed by atoms with E-state index in [4.69, 9.17) is 30.8 Å². The van der Waals surface area contributed by atoms with Gasteiger partial charge in [-0.2, -0.15) is 0 Å². The number of esters is 1. The fourth-order valence-corrected chi connectivity index (χ4v) is 6.65. The van der Waals surface area contributed by atoms with Gasteiger partial charge in [0.1, 0.15) is 22.9 Å². The van der Waals surface area contributed by atoms with E-state index in [0.717, 1.165) is 67.2 Å². The van der Waals surface area contributed by atoms with Crippen LogP contribution < -0.4 is 4.74 Å². The van der Waals surface area contributed by atoms with Crippen molar-refractivity contribution in [1.29, 1.82) is 0 Å². The van der Waals surface area contributed by atoms with Crippen molar-refractivity contribution in [2.45, 2.75) is 56.9 Å².